The zero-order chi connectivity index (χ0) is 25.6. The number of benzene rings is 2. The quantitative estimate of drug-likeness (QED) is 0.490. The van der Waals surface area contributed by atoms with Gasteiger partial charge in [-0.3, -0.25) is 9.52 Å². The van der Waals surface area contributed by atoms with Gasteiger partial charge in [0.05, 0.1) is 18.2 Å². The summed E-state index contributed by atoms with van der Waals surface area (Å²) in [6.45, 7) is 1.65. The van der Waals surface area contributed by atoms with Gasteiger partial charge in [-0.15, -0.1) is 0 Å². The summed E-state index contributed by atoms with van der Waals surface area (Å²) in [4.78, 5) is 16.0. The van der Waals surface area contributed by atoms with Gasteiger partial charge in [0.15, 0.2) is 0 Å². The fraction of sp³-hybridized carbons (Fsp3) is 0.552. The third-order valence-electron chi connectivity index (χ3n) is 9.07. The highest BCUT2D eigenvalue weighted by Crippen LogP contribution is 2.60. The van der Waals surface area contributed by atoms with Crippen LogP contribution >= 0.6 is 0 Å². The van der Waals surface area contributed by atoms with E-state index >= 15 is 0 Å². The first kappa shape index (κ1) is 24.6. The number of ether oxygens (including phenoxy) is 1. The summed E-state index contributed by atoms with van der Waals surface area (Å²) in [5, 5.41) is 3.15. The molecule has 0 radical (unpaired) electrons. The number of amides is 1. The van der Waals surface area contributed by atoms with Gasteiger partial charge in [0.25, 0.3) is 10.0 Å². The molecule has 0 spiro atoms. The lowest BCUT2D eigenvalue weighted by molar-refractivity contribution is -0.140. The van der Waals surface area contributed by atoms with Gasteiger partial charge in [-0.25, -0.2) is 8.42 Å². The van der Waals surface area contributed by atoms with Gasteiger partial charge in [0, 0.05) is 24.5 Å². The number of nitrogens with zero attached hydrogens (tertiary/aromatic N) is 1. The molecule has 7 rings (SSSR count). The lowest BCUT2D eigenvalue weighted by atomic mass is 9.49. The van der Waals surface area contributed by atoms with Crippen LogP contribution in [0.15, 0.2) is 47.4 Å². The minimum Gasteiger partial charge on any atom is -0.497 e. The second-order valence-corrected chi connectivity index (χ2v) is 13.4. The number of sulfonamides is 1. The van der Waals surface area contributed by atoms with Crippen LogP contribution in [0.5, 0.6) is 5.75 Å². The SMILES string of the molecule is COc1ccc(NS(=O)(=O)c2cc(NC(=O)C34CC5CC(CC(C5)C3)C4)ccc2N2CCCCC2)cc1. The van der Waals surface area contributed by atoms with Crippen LogP contribution in [0.2, 0.25) is 0 Å². The maximum absolute atomic E-state index is 13.7. The molecule has 1 amide bonds. The predicted molar refractivity (Wildman–Crippen MR) is 146 cm³/mol. The van der Waals surface area contributed by atoms with Gasteiger partial charge >= 0.3 is 0 Å². The van der Waals surface area contributed by atoms with E-state index in [-0.39, 0.29) is 16.2 Å². The average molecular weight is 524 g/mol. The third kappa shape index (κ3) is 4.80. The van der Waals surface area contributed by atoms with Crippen LogP contribution < -0.4 is 19.7 Å². The molecule has 8 heteroatoms. The van der Waals surface area contributed by atoms with Crippen LogP contribution in [-0.2, 0) is 14.8 Å². The maximum atomic E-state index is 13.7. The molecule has 2 N–H and O–H groups in total. The molecule has 4 bridgehead atoms. The maximum Gasteiger partial charge on any atom is 0.264 e. The first-order chi connectivity index (χ1) is 17.8. The largest absolute Gasteiger partial charge is 0.497 e. The predicted octanol–water partition coefficient (Wildman–Crippen LogP) is 5.64. The van der Waals surface area contributed by atoms with Crippen molar-refractivity contribution in [3.05, 3.63) is 42.5 Å². The standard InChI is InChI=1S/C29H37N3O4S/c1-36-25-8-5-23(6-9-25)31-37(34,35)27-16-24(7-10-26(27)32-11-3-2-4-12-32)30-28(33)29-17-20-13-21(18-29)15-22(14-20)19-29/h5-10,16,20-22,31H,2-4,11-15,17-19H2,1H3,(H,30,33). The van der Waals surface area contributed by atoms with E-state index in [1.165, 1.54) is 19.3 Å². The zero-order valence-electron chi connectivity index (χ0n) is 21.5. The molecule has 7 nitrogen and oxygen atoms in total. The molecule has 1 aliphatic heterocycles. The number of carbonyl (C=O) groups is 1. The highest BCUT2D eigenvalue weighted by atomic mass is 32.2. The second-order valence-electron chi connectivity index (χ2n) is 11.7. The van der Waals surface area contributed by atoms with Gasteiger partial charge in [-0.1, -0.05) is 0 Å². The molecule has 4 saturated carbocycles. The van der Waals surface area contributed by atoms with Crippen molar-refractivity contribution in [3.8, 4) is 5.75 Å². The minimum atomic E-state index is -3.90. The van der Waals surface area contributed by atoms with E-state index in [2.05, 4.69) is 14.9 Å². The number of hydrogen-bond acceptors (Lipinski definition) is 5. The number of methoxy groups -OCH3 is 1. The van der Waals surface area contributed by atoms with Crippen molar-refractivity contribution in [2.75, 3.05) is 35.1 Å². The fourth-order valence-corrected chi connectivity index (χ4v) is 9.04. The molecular formula is C29H37N3O4S. The Kier molecular flexibility index (Phi) is 6.33. The summed E-state index contributed by atoms with van der Waals surface area (Å²) in [7, 11) is -2.32. The molecule has 0 aromatic heterocycles. The molecule has 4 aliphatic carbocycles. The van der Waals surface area contributed by atoms with Gasteiger partial charge in [-0.05, 0) is 118 Å². The number of hydrogen-bond donors (Lipinski definition) is 2. The molecule has 2 aromatic carbocycles. The highest BCUT2D eigenvalue weighted by Gasteiger charge is 2.54. The molecule has 2 aromatic rings. The Morgan fingerprint density at radius 3 is 2.08 bits per heavy atom. The van der Waals surface area contributed by atoms with Crippen LogP contribution in [0, 0.1) is 23.2 Å². The molecule has 37 heavy (non-hydrogen) atoms. The number of carbonyl (C=O) groups excluding carboxylic acids is 1. The molecule has 0 atom stereocenters. The van der Waals surface area contributed by atoms with E-state index in [1.54, 1.807) is 37.4 Å². The van der Waals surface area contributed by atoms with Gasteiger partial charge in [-0.2, -0.15) is 0 Å². The van der Waals surface area contributed by atoms with E-state index < -0.39 is 10.0 Å². The number of nitrogens with one attached hydrogen (secondary N) is 2. The summed E-state index contributed by atoms with van der Waals surface area (Å²) < 4.78 is 35.3. The Morgan fingerprint density at radius 2 is 1.49 bits per heavy atom. The first-order valence-corrected chi connectivity index (χ1v) is 15.2. The Labute approximate surface area is 220 Å². The lowest BCUT2D eigenvalue weighted by Crippen LogP contribution is -2.51. The van der Waals surface area contributed by atoms with Gasteiger partial charge in [0.1, 0.15) is 10.6 Å². The van der Waals surface area contributed by atoms with Crippen molar-refractivity contribution in [3.63, 3.8) is 0 Å². The zero-order valence-corrected chi connectivity index (χ0v) is 22.4. The second kappa shape index (κ2) is 9.53. The fourth-order valence-electron chi connectivity index (χ4n) is 7.72. The van der Waals surface area contributed by atoms with Crippen molar-refractivity contribution in [1.82, 2.24) is 0 Å². The van der Waals surface area contributed by atoms with Crippen LogP contribution in [0.1, 0.15) is 57.8 Å². The molecule has 5 aliphatic rings. The summed E-state index contributed by atoms with van der Waals surface area (Å²) >= 11 is 0. The topological polar surface area (TPSA) is 87.7 Å². The van der Waals surface area contributed by atoms with Crippen LogP contribution in [0.4, 0.5) is 17.1 Å². The van der Waals surface area contributed by atoms with E-state index in [0.29, 0.717) is 40.6 Å². The van der Waals surface area contributed by atoms with Gasteiger partial charge < -0.3 is 15.0 Å². The average Bonchev–Trinajstić information content (AvgIpc) is 2.89. The van der Waals surface area contributed by atoms with Crippen molar-refractivity contribution in [1.29, 1.82) is 0 Å². The summed E-state index contributed by atoms with van der Waals surface area (Å²) in [6.07, 6.45) is 9.97. The van der Waals surface area contributed by atoms with E-state index in [1.807, 2.05) is 12.1 Å². The first-order valence-electron chi connectivity index (χ1n) is 13.7. The van der Waals surface area contributed by atoms with Crippen LogP contribution in [-0.4, -0.2) is 34.5 Å². The van der Waals surface area contributed by atoms with Crippen LogP contribution in [0.3, 0.4) is 0 Å². The molecule has 5 fully saturated rings. The Balaban J connectivity index is 1.29. The Bertz CT molecular complexity index is 1230. The van der Waals surface area contributed by atoms with Gasteiger partial charge in [0.2, 0.25) is 5.91 Å². The van der Waals surface area contributed by atoms with Crippen molar-refractivity contribution >= 4 is 33.0 Å². The van der Waals surface area contributed by atoms with Crippen molar-refractivity contribution in [2.24, 2.45) is 23.2 Å². The van der Waals surface area contributed by atoms with E-state index in [9.17, 15) is 13.2 Å². The monoisotopic (exact) mass is 523 g/mol. The summed E-state index contributed by atoms with van der Waals surface area (Å²) in [5.41, 5.74) is 1.42. The van der Waals surface area contributed by atoms with Crippen molar-refractivity contribution < 1.29 is 17.9 Å². The van der Waals surface area contributed by atoms with Crippen molar-refractivity contribution in [2.45, 2.75) is 62.7 Å². The lowest BCUT2D eigenvalue weighted by Gasteiger charge is -2.55. The summed E-state index contributed by atoms with van der Waals surface area (Å²) in [5.74, 6) is 2.74. The van der Waals surface area contributed by atoms with E-state index in [0.717, 1.165) is 51.6 Å². The molecule has 1 heterocycles. The van der Waals surface area contributed by atoms with E-state index in [4.69, 9.17) is 4.74 Å². The molecule has 1 saturated heterocycles. The number of piperidine rings is 1. The normalized spacial score (nSPS) is 28.7. The Morgan fingerprint density at radius 1 is 0.892 bits per heavy atom. The molecular weight excluding hydrogens is 486 g/mol. The third-order valence-corrected chi connectivity index (χ3v) is 10.5. The Hall–Kier alpha value is -2.74. The number of anilines is 3. The summed E-state index contributed by atoms with van der Waals surface area (Å²) in [6, 6.07) is 12.2. The minimum absolute atomic E-state index is 0.0729. The highest BCUT2D eigenvalue weighted by molar-refractivity contribution is 7.92. The number of rotatable bonds is 7. The van der Waals surface area contributed by atoms with Crippen LogP contribution in [0.25, 0.3) is 0 Å². The molecule has 0 unspecified atom stereocenters. The smallest absolute Gasteiger partial charge is 0.264 e. The molecule has 198 valence electrons.